The Morgan fingerprint density at radius 3 is 2.06 bits per heavy atom. The molecule has 1 nitrogen and oxygen atoms in total. The summed E-state index contributed by atoms with van der Waals surface area (Å²) < 4.78 is 1.01. The topological polar surface area (TPSA) is 12.9 Å². The Morgan fingerprint density at radius 1 is 1.06 bits per heavy atom. The Hall–Kier alpha value is -0.800. The molecule has 0 amide bonds. The van der Waals surface area contributed by atoms with Gasteiger partial charge in [0, 0.05) is 5.56 Å². The average Bonchev–Trinajstić information content (AvgIpc) is 2.44. The molecule has 1 heterocycles. The third-order valence-electron chi connectivity index (χ3n) is 2.66. The van der Waals surface area contributed by atoms with E-state index in [0.717, 1.165) is 14.9 Å². The fourth-order valence-corrected chi connectivity index (χ4v) is 3.31. The van der Waals surface area contributed by atoms with Crippen molar-refractivity contribution in [2.24, 2.45) is 0 Å². The number of aryl methyl sites for hydroxylation is 4. The van der Waals surface area contributed by atoms with Crippen LogP contribution in [0.2, 0.25) is 0 Å². The van der Waals surface area contributed by atoms with Crippen LogP contribution in [-0.2, 0) is 0 Å². The number of hydrogen-bond acceptors (Lipinski definition) is 3. The van der Waals surface area contributed by atoms with Crippen LogP contribution in [0.1, 0.15) is 22.4 Å². The molecule has 1 aromatic heterocycles. The fraction of sp³-hybridized carbons (Fsp3) is 0.308. The smallest absolute Gasteiger partial charge is 0.125 e. The van der Waals surface area contributed by atoms with Crippen molar-refractivity contribution in [1.29, 1.82) is 0 Å². The predicted molar refractivity (Wildman–Crippen MR) is 73.8 cm³/mol. The van der Waals surface area contributed by atoms with Crippen molar-refractivity contribution >= 4 is 24.0 Å². The van der Waals surface area contributed by atoms with Gasteiger partial charge in [-0.25, -0.2) is 4.98 Å². The van der Waals surface area contributed by atoms with Crippen molar-refractivity contribution in [3.05, 3.63) is 34.5 Å². The van der Waals surface area contributed by atoms with Gasteiger partial charge in [0.25, 0.3) is 0 Å². The van der Waals surface area contributed by atoms with Crippen molar-refractivity contribution in [3.63, 3.8) is 0 Å². The number of thiol groups is 1. The van der Waals surface area contributed by atoms with Crippen molar-refractivity contribution in [1.82, 2.24) is 4.98 Å². The third kappa shape index (κ3) is 2.02. The Bertz CT molecular complexity index is 498. The van der Waals surface area contributed by atoms with E-state index in [2.05, 4.69) is 50.5 Å². The largest absolute Gasteiger partial charge is 0.240 e. The van der Waals surface area contributed by atoms with E-state index in [4.69, 9.17) is 0 Å². The highest BCUT2D eigenvalue weighted by molar-refractivity contribution is 7.83. The number of benzene rings is 1. The molecule has 0 aliphatic heterocycles. The summed E-state index contributed by atoms with van der Waals surface area (Å²) in [5.74, 6) is 0. The fourth-order valence-electron chi connectivity index (χ4n) is 2.01. The van der Waals surface area contributed by atoms with Gasteiger partial charge in [-0.15, -0.1) is 24.0 Å². The molecule has 0 aliphatic rings. The Balaban J connectivity index is 2.64. The molecule has 16 heavy (non-hydrogen) atoms. The van der Waals surface area contributed by atoms with Gasteiger partial charge < -0.3 is 0 Å². The van der Waals surface area contributed by atoms with Crippen LogP contribution < -0.4 is 0 Å². The molecule has 2 aromatic rings. The van der Waals surface area contributed by atoms with Crippen molar-refractivity contribution in [2.75, 3.05) is 0 Å². The lowest BCUT2D eigenvalue weighted by Crippen LogP contribution is -1.89. The summed E-state index contributed by atoms with van der Waals surface area (Å²) in [6.45, 7) is 8.41. The second-order valence-electron chi connectivity index (χ2n) is 4.18. The normalized spacial score (nSPS) is 10.8. The zero-order valence-corrected chi connectivity index (χ0v) is 11.7. The minimum atomic E-state index is 1.01. The first-order valence-corrected chi connectivity index (χ1v) is 6.50. The molecule has 0 spiro atoms. The molecule has 0 atom stereocenters. The highest BCUT2D eigenvalue weighted by atomic mass is 32.2. The van der Waals surface area contributed by atoms with Gasteiger partial charge in [-0.2, -0.15) is 0 Å². The van der Waals surface area contributed by atoms with E-state index in [0.29, 0.717) is 0 Å². The van der Waals surface area contributed by atoms with E-state index in [1.807, 2.05) is 6.92 Å². The first-order valence-electron chi connectivity index (χ1n) is 5.23. The van der Waals surface area contributed by atoms with Gasteiger partial charge in [-0.1, -0.05) is 17.7 Å². The molecule has 0 bridgehead atoms. The second kappa shape index (κ2) is 4.22. The van der Waals surface area contributed by atoms with Crippen LogP contribution in [0.25, 0.3) is 10.6 Å². The molecule has 0 saturated heterocycles. The van der Waals surface area contributed by atoms with Crippen molar-refractivity contribution < 1.29 is 0 Å². The van der Waals surface area contributed by atoms with Gasteiger partial charge in [-0.05, 0) is 38.8 Å². The summed E-state index contributed by atoms with van der Waals surface area (Å²) in [6, 6.07) is 4.41. The molecule has 84 valence electrons. The lowest BCUT2D eigenvalue weighted by molar-refractivity contribution is 1.20. The van der Waals surface area contributed by atoms with Crippen LogP contribution in [0.5, 0.6) is 0 Å². The van der Waals surface area contributed by atoms with E-state index in [-0.39, 0.29) is 0 Å². The maximum atomic E-state index is 4.57. The zero-order valence-electron chi connectivity index (χ0n) is 9.96. The van der Waals surface area contributed by atoms with Crippen LogP contribution in [0, 0.1) is 27.7 Å². The highest BCUT2D eigenvalue weighted by Crippen LogP contribution is 2.34. The molecule has 0 unspecified atom stereocenters. The summed E-state index contributed by atoms with van der Waals surface area (Å²) in [5.41, 5.74) is 6.17. The first-order chi connectivity index (χ1) is 7.49. The summed E-state index contributed by atoms with van der Waals surface area (Å²) >= 11 is 6.07. The summed E-state index contributed by atoms with van der Waals surface area (Å²) in [6.07, 6.45) is 0. The average molecular weight is 249 g/mol. The van der Waals surface area contributed by atoms with Crippen LogP contribution in [0.3, 0.4) is 0 Å². The van der Waals surface area contributed by atoms with Gasteiger partial charge in [0.15, 0.2) is 0 Å². The van der Waals surface area contributed by atoms with Crippen LogP contribution in [0.4, 0.5) is 0 Å². The molecule has 2 rings (SSSR count). The lowest BCUT2D eigenvalue weighted by atomic mass is 10.0. The molecule has 0 aliphatic carbocycles. The van der Waals surface area contributed by atoms with Crippen molar-refractivity contribution in [2.45, 2.75) is 31.9 Å². The lowest BCUT2D eigenvalue weighted by Gasteiger charge is -2.08. The number of hydrogen-bond donors (Lipinski definition) is 1. The van der Waals surface area contributed by atoms with E-state index in [1.165, 1.54) is 22.3 Å². The Labute approximate surface area is 106 Å². The van der Waals surface area contributed by atoms with Crippen LogP contribution in [0.15, 0.2) is 16.3 Å². The maximum absolute atomic E-state index is 4.57. The molecule has 0 radical (unpaired) electrons. The number of thiazole rings is 1. The van der Waals surface area contributed by atoms with Gasteiger partial charge in [-0.3, -0.25) is 0 Å². The minimum absolute atomic E-state index is 1.01. The Morgan fingerprint density at radius 2 is 1.62 bits per heavy atom. The number of nitrogens with zero attached hydrogens (tertiary/aromatic N) is 1. The second-order valence-corrected chi connectivity index (χ2v) is 5.93. The quantitative estimate of drug-likeness (QED) is 0.742. The van der Waals surface area contributed by atoms with Crippen LogP contribution >= 0.6 is 24.0 Å². The Kier molecular flexibility index (Phi) is 3.08. The number of aromatic nitrogens is 1. The zero-order chi connectivity index (χ0) is 11.9. The number of rotatable bonds is 1. The monoisotopic (exact) mass is 249 g/mol. The summed E-state index contributed by atoms with van der Waals surface area (Å²) in [7, 11) is 0. The van der Waals surface area contributed by atoms with E-state index in [9.17, 15) is 0 Å². The predicted octanol–water partition coefficient (Wildman–Crippen LogP) is 4.33. The molecule has 0 N–H and O–H groups in total. The summed E-state index contributed by atoms with van der Waals surface area (Å²) in [5, 5.41) is 1.08. The first kappa shape index (κ1) is 11.7. The molecular weight excluding hydrogens is 234 g/mol. The minimum Gasteiger partial charge on any atom is -0.240 e. The SMILES string of the molecule is Cc1cc(C)c(-c2nc(C)c(S)s2)c(C)c1. The van der Waals surface area contributed by atoms with Gasteiger partial charge in [0.1, 0.15) is 5.01 Å². The third-order valence-corrected chi connectivity index (χ3v) is 4.24. The maximum Gasteiger partial charge on any atom is 0.125 e. The van der Waals surface area contributed by atoms with Gasteiger partial charge >= 0.3 is 0 Å². The molecular formula is C13H15NS2. The molecule has 0 saturated carbocycles. The molecule has 3 heteroatoms. The van der Waals surface area contributed by atoms with Gasteiger partial charge in [0.05, 0.1) is 9.90 Å². The standard InChI is InChI=1S/C13H15NS2/c1-7-5-8(2)11(9(3)6-7)12-14-10(4)13(15)16-12/h5-6,15H,1-4H3. The molecule has 1 aromatic carbocycles. The molecule has 0 fully saturated rings. The van der Waals surface area contributed by atoms with Crippen molar-refractivity contribution in [3.8, 4) is 10.6 Å². The van der Waals surface area contributed by atoms with E-state index < -0.39 is 0 Å². The van der Waals surface area contributed by atoms with Gasteiger partial charge in [0.2, 0.25) is 0 Å². The summed E-state index contributed by atoms with van der Waals surface area (Å²) in [4.78, 5) is 4.57. The van der Waals surface area contributed by atoms with E-state index >= 15 is 0 Å². The van der Waals surface area contributed by atoms with Crippen LogP contribution in [-0.4, -0.2) is 4.98 Å². The van der Waals surface area contributed by atoms with E-state index in [1.54, 1.807) is 11.3 Å². The highest BCUT2D eigenvalue weighted by Gasteiger charge is 2.12.